The van der Waals surface area contributed by atoms with Gasteiger partial charge in [0.2, 0.25) is 16.8 Å². The Hall–Kier alpha value is -2.65. The minimum atomic E-state index is -3.10. The van der Waals surface area contributed by atoms with Gasteiger partial charge in [0.25, 0.3) is 0 Å². The van der Waals surface area contributed by atoms with Gasteiger partial charge in [-0.15, -0.1) is 0 Å². The first kappa shape index (κ1) is 22.0. The molecule has 0 aliphatic rings. The summed E-state index contributed by atoms with van der Waals surface area (Å²) in [5.74, 6) is -0.224. The summed E-state index contributed by atoms with van der Waals surface area (Å²) < 4.78 is 25.5. The molecule has 0 atom stereocenters. The first-order valence-corrected chi connectivity index (χ1v) is 10.6. The molecule has 0 radical (unpaired) electrons. The predicted molar refractivity (Wildman–Crippen MR) is 121 cm³/mol. The molecule has 3 N–H and O–H groups in total. The molecule has 0 spiro atoms. The highest BCUT2D eigenvalue weighted by atomic mass is 35.5. The molecule has 3 aromatic rings. The first-order chi connectivity index (χ1) is 14.3. The van der Waals surface area contributed by atoms with Crippen LogP contribution in [-0.4, -0.2) is 19.3 Å². The van der Waals surface area contributed by atoms with Gasteiger partial charge in [-0.1, -0.05) is 41.4 Å². The summed E-state index contributed by atoms with van der Waals surface area (Å²) >= 11 is 12.4. The molecule has 0 aliphatic carbocycles. The van der Waals surface area contributed by atoms with E-state index in [9.17, 15) is 13.2 Å². The van der Waals surface area contributed by atoms with Crippen LogP contribution in [-0.2, 0) is 22.2 Å². The quantitative estimate of drug-likeness (QED) is 0.475. The Labute approximate surface area is 185 Å². The maximum atomic E-state index is 12.2. The van der Waals surface area contributed by atoms with Gasteiger partial charge in [-0.05, 0) is 35.4 Å². The number of benzene rings is 2. The van der Waals surface area contributed by atoms with Crippen LogP contribution >= 0.6 is 23.2 Å². The fourth-order valence-electron chi connectivity index (χ4n) is 2.94. The van der Waals surface area contributed by atoms with Crippen LogP contribution < -0.4 is 15.4 Å². The van der Waals surface area contributed by atoms with Crippen molar-refractivity contribution in [1.29, 1.82) is 0 Å². The van der Waals surface area contributed by atoms with E-state index < -0.39 is 10.9 Å². The fourth-order valence-corrected chi connectivity index (χ4v) is 4.09. The third-order valence-electron chi connectivity index (χ3n) is 4.25. The summed E-state index contributed by atoms with van der Waals surface area (Å²) in [5.41, 5.74) is 8.91. The third-order valence-corrected chi connectivity index (χ3v) is 5.81. The molecule has 0 fully saturated rings. The molecule has 2 aromatic carbocycles. The SMILES string of the molecule is CC(=O)Nc1cncc(-c2ccc(CN)c(N(c3cccc(Cl)c3Cl)[SH](=O)=O)c2)c1. The number of rotatable bonds is 6. The molecule has 0 saturated carbocycles. The van der Waals surface area contributed by atoms with E-state index in [-0.39, 0.29) is 28.2 Å². The van der Waals surface area contributed by atoms with E-state index in [1.807, 2.05) is 0 Å². The van der Waals surface area contributed by atoms with Crippen LogP contribution in [0.4, 0.5) is 17.1 Å². The molecule has 0 saturated heterocycles. The molecule has 1 amide bonds. The second kappa shape index (κ2) is 9.44. The van der Waals surface area contributed by atoms with Crippen molar-refractivity contribution in [3.05, 3.63) is 70.5 Å². The Bertz CT molecular complexity index is 1180. The molecular formula is C20H18Cl2N4O3S. The molecule has 0 unspecified atom stereocenters. The number of hydrogen-bond donors (Lipinski definition) is 3. The van der Waals surface area contributed by atoms with E-state index in [4.69, 9.17) is 28.9 Å². The minimum absolute atomic E-state index is 0.109. The van der Waals surface area contributed by atoms with Crippen LogP contribution in [0, 0.1) is 0 Å². The predicted octanol–water partition coefficient (Wildman–Crippen LogP) is 4.14. The van der Waals surface area contributed by atoms with Gasteiger partial charge in [-0.3, -0.25) is 9.78 Å². The summed E-state index contributed by atoms with van der Waals surface area (Å²) in [6, 6.07) is 11.7. The second-order valence-corrected chi connectivity index (χ2v) is 7.97. The van der Waals surface area contributed by atoms with Crippen molar-refractivity contribution in [1.82, 2.24) is 4.98 Å². The average molecular weight is 465 g/mol. The molecule has 0 aliphatic heterocycles. The zero-order chi connectivity index (χ0) is 21.8. The summed E-state index contributed by atoms with van der Waals surface area (Å²) in [4.78, 5) is 15.5. The number of pyridine rings is 1. The lowest BCUT2D eigenvalue weighted by atomic mass is 10.0. The van der Waals surface area contributed by atoms with E-state index in [1.54, 1.807) is 48.7 Å². The number of aromatic nitrogens is 1. The normalized spacial score (nSPS) is 10.8. The lowest BCUT2D eigenvalue weighted by molar-refractivity contribution is -0.114. The number of nitrogens with one attached hydrogen (secondary N) is 1. The van der Waals surface area contributed by atoms with Gasteiger partial charge in [-0.2, -0.15) is 0 Å². The monoisotopic (exact) mass is 464 g/mol. The number of nitrogens with zero attached hydrogens (tertiary/aromatic N) is 2. The zero-order valence-corrected chi connectivity index (χ0v) is 18.2. The van der Waals surface area contributed by atoms with E-state index in [1.165, 1.54) is 13.1 Å². The van der Waals surface area contributed by atoms with E-state index in [0.29, 0.717) is 28.1 Å². The summed E-state index contributed by atoms with van der Waals surface area (Å²) in [6.07, 6.45) is 3.13. The van der Waals surface area contributed by atoms with Crippen LogP contribution in [0.15, 0.2) is 54.9 Å². The van der Waals surface area contributed by atoms with Gasteiger partial charge in [0.15, 0.2) is 0 Å². The van der Waals surface area contributed by atoms with Gasteiger partial charge in [0.1, 0.15) is 0 Å². The van der Waals surface area contributed by atoms with Crippen molar-refractivity contribution in [3.63, 3.8) is 0 Å². The zero-order valence-electron chi connectivity index (χ0n) is 15.8. The van der Waals surface area contributed by atoms with Gasteiger partial charge in [-0.25, -0.2) is 12.7 Å². The first-order valence-electron chi connectivity index (χ1n) is 8.76. The Kier molecular flexibility index (Phi) is 6.94. The van der Waals surface area contributed by atoms with Gasteiger partial charge >= 0.3 is 0 Å². The van der Waals surface area contributed by atoms with Crippen molar-refractivity contribution in [2.24, 2.45) is 5.73 Å². The van der Waals surface area contributed by atoms with Gasteiger partial charge < -0.3 is 11.1 Å². The van der Waals surface area contributed by atoms with E-state index in [0.717, 1.165) is 4.31 Å². The molecule has 156 valence electrons. The molecule has 7 nitrogen and oxygen atoms in total. The number of thiol groups is 1. The third kappa shape index (κ3) is 4.73. The molecular weight excluding hydrogens is 447 g/mol. The topological polar surface area (TPSA) is 105 Å². The number of hydrogen-bond acceptors (Lipinski definition) is 5. The molecule has 0 bridgehead atoms. The lowest BCUT2D eigenvalue weighted by Crippen LogP contribution is -2.18. The maximum Gasteiger partial charge on any atom is 0.229 e. The van der Waals surface area contributed by atoms with E-state index in [2.05, 4.69) is 10.3 Å². The number of anilines is 3. The number of carbonyl (C=O) groups excluding carboxylic acids is 1. The van der Waals surface area contributed by atoms with Crippen molar-refractivity contribution in [3.8, 4) is 11.1 Å². The van der Waals surface area contributed by atoms with Crippen LogP contribution in [0.2, 0.25) is 10.0 Å². The van der Waals surface area contributed by atoms with Gasteiger partial charge in [0.05, 0.1) is 33.3 Å². The largest absolute Gasteiger partial charge is 0.326 e. The fraction of sp³-hybridized carbons (Fsp3) is 0.100. The maximum absolute atomic E-state index is 12.2. The molecule has 10 heteroatoms. The van der Waals surface area contributed by atoms with Crippen molar-refractivity contribution < 1.29 is 13.2 Å². The van der Waals surface area contributed by atoms with Gasteiger partial charge in [0, 0.05) is 25.2 Å². The Morgan fingerprint density at radius 3 is 2.53 bits per heavy atom. The molecule has 1 heterocycles. The smallest absolute Gasteiger partial charge is 0.229 e. The number of amides is 1. The highest BCUT2D eigenvalue weighted by Gasteiger charge is 2.20. The van der Waals surface area contributed by atoms with Crippen molar-refractivity contribution in [2.45, 2.75) is 13.5 Å². The highest BCUT2D eigenvalue weighted by molar-refractivity contribution is 7.74. The van der Waals surface area contributed by atoms with Crippen molar-refractivity contribution >= 4 is 57.1 Å². The molecule has 30 heavy (non-hydrogen) atoms. The van der Waals surface area contributed by atoms with Crippen LogP contribution in [0.1, 0.15) is 12.5 Å². The Morgan fingerprint density at radius 1 is 1.10 bits per heavy atom. The molecule has 1 aromatic heterocycles. The van der Waals surface area contributed by atoms with Crippen molar-refractivity contribution in [2.75, 3.05) is 9.62 Å². The number of carbonyl (C=O) groups is 1. The second-order valence-electron chi connectivity index (χ2n) is 6.31. The molecule has 3 rings (SSSR count). The van der Waals surface area contributed by atoms with Crippen LogP contribution in [0.5, 0.6) is 0 Å². The Balaban J connectivity index is 2.17. The summed E-state index contributed by atoms with van der Waals surface area (Å²) in [7, 11) is -3.10. The number of halogens is 2. The van der Waals surface area contributed by atoms with Crippen LogP contribution in [0.3, 0.4) is 0 Å². The van der Waals surface area contributed by atoms with Crippen LogP contribution in [0.25, 0.3) is 11.1 Å². The lowest BCUT2D eigenvalue weighted by Gasteiger charge is -2.23. The Morgan fingerprint density at radius 2 is 1.87 bits per heavy atom. The average Bonchev–Trinajstić information content (AvgIpc) is 2.71. The number of nitrogens with two attached hydrogens (primary N) is 1. The highest BCUT2D eigenvalue weighted by Crippen LogP contribution is 2.39. The summed E-state index contributed by atoms with van der Waals surface area (Å²) in [6.45, 7) is 1.51. The standard InChI is InChI=1S/C20H18Cl2N4O3S/c1-12(27)25-16-7-15(10-24-11-16)13-5-6-14(9-23)19(8-13)26(30(28)29)18-4-2-3-17(21)20(18)22/h2-8,10-11,30H,9,23H2,1H3,(H,25,27). The van der Waals surface area contributed by atoms with E-state index >= 15 is 0 Å². The minimum Gasteiger partial charge on any atom is -0.326 e. The summed E-state index contributed by atoms with van der Waals surface area (Å²) in [5, 5.41) is 3.01.